The fraction of sp³-hybridized carbons (Fsp3) is 0. The molecule has 0 aliphatic carbocycles. The van der Waals surface area contributed by atoms with Gasteiger partial charge >= 0.3 is 0 Å². The molecule has 54 heavy (non-hydrogen) atoms. The molecule has 0 N–H and O–H groups in total. The average molecular weight is 688 g/mol. The third kappa shape index (κ3) is 5.60. The van der Waals surface area contributed by atoms with Crippen LogP contribution in [0.4, 0.5) is 0 Å². The van der Waals surface area contributed by atoms with Crippen LogP contribution in [0.25, 0.3) is 99.9 Å². The molecule has 0 unspecified atom stereocenters. The molecule has 9 aromatic carbocycles. The zero-order valence-corrected chi connectivity index (χ0v) is 29.4. The van der Waals surface area contributed by atoms with Gasteiger partial charge in [0.25, 0.3) is 0 Å². The molecular formula is C51H33N3. The van der Waals surface area contributed by atoms with E-state index in [9.17, 15) is 0 Å². The Morgan fingerprint density at radius 2 is 0.611 bits per heavy atom. The number of benzene rings is 9. The Kier molecular flexibility index (Phi) is 7.81. The minimum atomic E-state index is 0.633. The van der Waals surface area contributed by atoms with E-state index in [-0.39, 0.29) is 0 Å². The second-order valence-corrected chi connectivity index (χ2v) is 13.6. The average Bonchev–Trinajstić information content (AvgIpc) is 3.26. The molecule has 1 heterocycles. The Morgan fingerprint density at radius 3 is 1.19 bits per heavy atom. The number of nitrogens with zero attached hydrogens (tertiary/aromatic N) is 3. The SMILES string of the molecule is c1ccc(-c2ccccc2-c2nc(-c3ccc(-c4ccccc4)c4ccccc34)nc(-c3ccc(-c4ccc5ccccc5c4)c4ccccc34)n2)cc1. The third-order valence-electron chi connectivity index (χ3n) is 10.4. The molecule has 0 aliphatic rings. The van der Waals surface area contributed by atoms with Crippen LogP contribution in [-0.2, 0) is 0 Å². The van der Waals surface area contributed by atoms with Gasteiger partial charge in [-0.15, -0.1) is 0 Å². The summed E-state index contributed by atoms with van der Waals surface area (Å²) in [6.45, 7) is 0. The van der Waals surface area contributed by atoms with E-state index in [1.54, 1.807) is 0 Å². The first-order valence-corrected chi connectivity index (χ1v) is 18.3. The Labute approximate surface area is 313 Å². The van der Waals surface area contributed by atoms with Crippen molar-refractivity contribution in [1.82, 2.24) is 15.0 Å². The fourth-order valence-corrected chi connectivity index (χ4v) is 7.75. The molecule has 0 saturated heterocycles. The fourth-order valence-electron chi connectivity index (χ4n) is 7.75. The van der Waals surface area contributed by atoms with Crippen LogP contribution in [0.2, 0.25) is 0 Å². The summed E-state index contributed by atoms with van der Waals surface area (Å²) in [4.78, 5) is 15.9. The van der Waals surface area contributed by atoms with Crippen LogP contribution in [0, 0.1) is 0 Å². The minimum absolute atomic E-state index is 0.633. The predicted molar refractivity (Wildman–Crippen MR) is 225 cm³/mol. The summed E-state index contributed by atoms with van der Waals surface area (Å²) >= 11 is 0. The van der Waals surface area contributed by atoms with Crippen molar-refractivity contribution >= 4 is 32.3 Å². The molecule has 0 atom stereocenters. The third-order valence-corrected chi connectivity index (χ3v) is 10.4. The quantitative estimate of drug-likeness (QED) is 0.175. The Balaban J connectivity index is 1.21. The summed E-state index contributed by atoms with van der Waals surface area (Å²) in [5, 5.41) is 6.93. The highest BCUT2D eigenvalue weighted by Gasteiger charge is 2.20. The van der Waals surface area contributed by atoms with Crippen molar-refractivity contribution in [3.63, 3.8) is 0 Å². The van der Waals surface area contributed by atoms with Gasteiger partial charge in [-0.25, -0.2) is 15.0 Å². The first-order valence-electron chi connectivity index (χ1n) is 18.3. The van der Waals surface area contributed by atoms with E-state index in [1.807, 2.05) is 6.07 Å². The smallest absolute Gasteiger partial charge is 0.164 e. The van der Waals surface area contributed by atoms with Gasteiger partial charge in [0, 0.05) is 16.7 Å². The van der Waals surface area contributed by atoms with Crippen LogP contribution in [-0.4, -0.2) is 15.0 Å². The standard InChI is InChI=1S/C51H33N3/c1-3-16-35(17-4-1)39-21-9-14-26-46(39)49-52-50(47-31-29-40(36-18-5-2-6-19-36)42-22-10-12-24-44(42)47)54-51(53-49)48-32-30-41(43-23-11-13-25-45(43)48)38-28-27-34-15-7-8-20-37(34)33-38/h1-33H. The molecule has 10 rings (SSSR count). The lowest BCUT2D eigenvalue weighted by Crippen LogP contribution is -2.02. The van der Waals surface area contributed by atoms with Crippen molar-refractivity contribution < 1.29 is 0 Å². The molecule has 3 heteroatoms. The van der Waals surface area contributed by atoms with Crippen LogP contribution >= 0.6 is 0 Å². The van der Waals surface area contributed by atoms with Gasteiger partial charge in [0.05, 0.1) is 0 Å². The van der Waals surface area contributed by atoms with Gasteiger partial charge in [-0.05, 0) is 83.9 Å². The van der Waals surface area contributed by atoms with Crippen LogP contribution in [0.15, 0.2) is 200 Å². The molecule has 10 aromatic rings. The summed E-state index contributed by atoms with van der Waals surface area (Å²) in [6, 6.07) is 70.5. The summed E-state index contributed by atoms with van der Waals surface area (Å²) in [5.74, 6) is 1.90. The Hall–Kier alpha value is -7.23. The van der Waals surface area contributed by atoms with Crippen molar-refractivity contribution in [3.8, 4) is 67.5 Å². The van der Waals surface area contributed by atoms with E-state index in [0.29, 0.717) is 17.5 Å². The van der Waals surface area contributed by atoms with Gasteiger partial charge in [-0.3, -0.25) is 0 Å². The molecule has 0 bridgehead atoms. The number of hydrogen-bond donors (Lipinski definition) is 0. The molecule has 0 spiro atoms. The van der Waals surface area contributed by atoms with E-state index in [1.165, 1.54) is 33.0 Å². The van der Waals surface area contributed by atoms with Gasteiger partial charge < -0.3 is 0 Å². The molecule has 0 aliphatic heterocycles. The first kappa shape index (κ1) is 31.5. The maximum absolute atomic E-state index is 5.33. The van der Waals surface area contributed by atoms with Gasteiger partial charge in [0.15, 0.2) is 17.5 Å². The number of aromatic nitrogens is 3. The normalized spacial score (nSPS) is 11.3. The van der Waals surface area contributed by atoms with E-state index in [2.05, 4.69) is 194 Å². The Bertz CT molecular complexity index is 2990. The topological polar surface area (TPSA) is 38.7 Å². The van der Waals surface area contributed by atoms with Crippen molar-refractivity contribution in [2.24, 2.45) is 0 Å². The molecule has 3 nitrogen and oxygen atoms in total. The minimum Gasteiger partial charge on any atom is -0.208 e. The highest BCUT2D eigenvalue weighted by Crippen LogP contribution is 2.40. The summed E-state index contributed by atoms with van der Waals surface area (Å²) in [5.41, 5.74) is 9.76. The molecule has 0 fully saturated rings. The van der Waals surface area contributed by atoms with Gasteiger partial charge in [-0.1, -0.05) is 182 Å². The molecule has 1 aromatic heterocycles. The van der Waals surface area contributed by atoms with Crippen molar-refractivity contribution in [2.45, 2.75) is 0 Å². The lowest BCUT2D eigenvalue weighted by atomic mass is 9.93. The van der Waals surface area contributed by atoms with Crippen molar-refractivity contribution in [1.29, 1.82) is 0 Å². The Morgan fingerprint density at radius 1 is 0.222 bits per heavy atom. The molecular weight excluding hydrogens is 655 g/mol. The zero-order valence-electron chi connectivity index (χ0n) is 29.4. The van der Waals surface area contributed by atoms with E-state index < -0.39 is 0 Å². The zero-order chi connectivity index (χ0) is 35.8. The lowest BCUT2D eigenvalue weighted by Gasteiger charge is -2.16. The predicted octanol–water partition coefficient (Wildman–Crippen LogP) is 13.3. The summed E-state index contributed by atoms with van der Waals surface area (Å²) < 4.78 is 0. The van der Waals surface area contributed by atoms with Gasteiger partial charge in [-0.2, -0.15) is 0 Å². The second kappa shape index (κ2) is 13.4. The molecule has 0 radical (unpaired) electrons. The van der Waals surface area contributed by atoms with Crippen molar-refractivity contribution in [3.05, 3.63) is 200 Å². The van der Waals surface area contributed by atoms with E-state index in [4.69, 9.17) is 15.0 Å². The molecule has 0 amide bonds. The van der Waals surface area contributed by atoms with Gasteiger partial charge in [0.2, 0.25) is 0 Å². The maximum atomic E-state index is 5.33. The summed E-state index contributed by atoms with van der Waals surface area (Å²) in [7, 11) is 0. The highest BCUT2D eigenvalue weighted by molar-refractivity contribution is 6.06. The van der Waals surface area contributed by atoms with Crippen LogP contribution < -0.4 is 0 Å². The largest absolute Gasteiger partial charge is 0.208 e. The van der Waals surface area contributed by atoms with Gasteiger partial charge in [0.1, 0.15) is 0 Å². The van der Waals surface area contributed by atoms with E-state index in [0.717, 1.165) is 49.4 Å². The highest BCUT2D eigenvalue weighted by atomic mass is 15.0. The second-order valence-electron chi connectivity index (χ2n) is 13.6. The molecule has 0 saturated carbocycles. The van der Waals surface area contributed by atoms with Crippen LogP contribution in [0.3, 0.4) is 0 Å². The number of fused-ring (bicyclic) bond motifs is 3. The number of hydrogen-bond acceptors (Lipinski definition) is 3. The maximum Gasteiger partial charge on any atom is 0.164 e. The lowest BCUT2D eigenvalue weighted by molar-refractivity contribution is 1.08. The number of rotatable bonds is 6. The van der Waals surface area contributed by atoms with E-state index >= 15 is 0 Å². The van der Waals surface area contributed by atoms with Crippen LogP contribution in [0.1, 0.15) is 0 Å². The van der Waals surface area contributed by atoms with Crippen molar-refractivity contribution in [2.75, 3.05) is 0 Å². The summed E-state index contributed by atoms with van der Waals surface area (Å²) in [6.07, 6.45) is 0. The van der Waals surface area contributed by atoms with Crippen LogP contribution in [0.5, 0.6) is 0 Å². The first-order chi connectivity index (χ1) is 26.8. The monoisotopic (exact) mass is 687 g/mol. The molecule has 252 valence electrons.